The van der Waals surface area contributed by atoms with Gasteiger partial charge in [-0.3, -0.25) is 4.79 Å². The van der Waals surface area contributed by atoms with Crippen molar-refractivity contribution < 1.29 is 9.28 Å². The summed E-state index contributed by atoms with van der Waals surface area (Å²) in [6.07, 6.45) is 0. The molecule has 0 spiro atoms. The van der Waals surface area contributed by atoms with Gasteiger partial charge in [-0.15, -0.1) is 0 Å². The van der Waals surface area contributed by atoms with Gasteiger partial charge in [-0.25, -0.2) is 0 Å². The van der Waals surface area contributed by atoms with Crippen molar-refractivity contribution in [2.24, 2.45) is 0 Å². The van der Waals surface area contributed by atoms with Gasteiger partial charge in [0.25, 0.3) is 5.91 Å². The lowest BCUT2D eigenvalue weighted by atomic mass is 10.1. The molecule has 1 N–H and O–H groups in total. The van der Waals surface area contributed by atoms with Crippen LogP contribution in [0.15, 0.2) is 103 Å². The quantitative estimate of drug-likeness (QED) is 0.387. The Morgan fingerprint density at radius 2 is 1.32 bits per heavy atom. The van der Waals surface area contributed by atoms with Gasteiger partial charge >= 0.3 is 0 Å². The first-order valence-electron chi connectivity index (χ1n) is 10.8. The third kappa shape index (κ3) is 5.59. The number of hydrogen-bond acceptors (Lipinski definition) is 1. The van der Waals surface area contributed by atoms with E-state index in [1.54, 1.807) is 0 Å². The van der Waals surface area contributed by atoms with Gasteiger partial charge < -0.3 is 9.80 Å². The van der Waals surface area contributed by atoms with Gasteiger partial charge in [0.15, 0.2) is 0 Å². The molecule has 0 aromatic heterocycles. The van der Waals surface area contributed by atoms with Crippen molar-refractivity contribution in [1.82, 2.24) is 5.32 Å². The fourth-order valence-electron chi connectivity index (χ4n) is 4.15. The first-order chi connectivity index (χ1) is 15.1. The molecule has 0 radical (unpaired) electrons. The highest BCUT2D eigenvalue weighted by molar-refractivity contribution is 5.94. The molecule has 4 aromatic rings. The van der Waals surface area contributed by atoms with E-state index in [2.05, 4.69) is 85.2 Å². The average Bonchev–Trinajstić information content (AvgIpc) is 2.80. The van der Waals surface area contributed by atoms with E-state index in [4.69, 9.17) is 0 Å². The number of rotatable bonds is 8. The number of likely N-dealkylation sites (N-methyl/N-ethyl adjacent to an activating group) is 1. The number of nitrogens with zero attached hydrogens (tertiary/aromatic N) is 1. The number of benzene rings is 4. The van der Waals surface area contributed by atoms with Crippen molar-refractivity contribution in [2.45, 2.75) is 13.1 Å². The summed E-state index contributed by atoms with van der Waals surface area (Å²) in [7, 11) is 2.27. The molecule has 0 aliphatic carbocycles. The van der Waals surface area contributed by atoms with E-state index in [1.165, 1.54) is 21.9 Å². The fourth-order valence-corrected chi connectivity index (χ4v) is 4.15. The second-order valence-corrected chi connectivity index (χ2v) is 8.45. The first kappa shape index (κ1) is 20.8. The Hall–Kier alpha value is -3.43. The van der Waals surface area contributed by atoms with Crippen LogP contribution in [0.1, 0.15) is 21.5 Å². The van der Waals surface area contributed by atoms with Gasteiger partial charge in [0, 0.05) is 16.7 Å². The number of carbonyl (C=O) groups excluding carboxylic acids is 1. The number of nitrogens with one attached hydrogen (secondary N) is 1. The van der Waals surface area contributed by atoms with Crippen molar-refractivity contribution in [3.8, 4) is 0 Å². The van der Waals surface area contributed by atoms with Crippen LogP contribution in [0.4, 0.5) is 0 Å². The summed E-state index contributed by atoms with van der Waals surface area (Å²) in [5.41, 5.74) is 3.32. The summed E-state index contributed by atoms with van der Waals surface area (Å²) >= 11 is 0. The normalized spacial score (nSPS) is 12.9. The number of carbonyl (C=O) groups is 1. The molecule has 156 valence electrons. The van der Waals surface area contributed by atoms with Crippen LogP contribution in [0.5, 0.6) is 0 Å². The number of hydrogen-bond donors (Lipinski definition) is 1. The van der Waals surface area contributed by atoms with Gasteiger partial charge in [-0.05, 0) is 29.0 Å². The van der Waals surface area contributed by atoms with E-state index in [1.807, 2.05) is 30.3 Å². The Morgan fingerprint density at radius 1 is 0.710 bits per heavy atom. The van der Waals surface area contributed by atoms with Gasteiger partial charge in [-0.1, -0.05) is 84.9 Å². The Labute approximate surface area is 184 Å². The minimum absolute atomic E-state index is 0.0161. The van der Waals surface area contributed by atoms with E-state index in [0.717, 1.165) is 24.1 Å². The van der Waals surface area contributed by atoms with Crippen molar-refractivity contribution in [1.29, 1.82) is 0 Å². The topological polar surface area (TPSA) is 29.1 Å². The Kier molecular flexibility index (Phi) is 6.44. The maximum Gasteiger partial charge on any atom is 0.251 e. The molecule has 0 aliphatic rings. The standard InChI is InChI=1S/C28H28N2O/c1-30(21-23-10-4-2-5-11-23,19-18-29-28(31)26-13-6-3-7-14-26)22-24-16-17-25-12-8-9-15-27(25)20-24/h2-17,20H,18-19,21-22H2,1H3/p+1. The smallest absolute Gasteiger partial charge is 0.251 e. The Morgan fingerprint density at radius 3 is 2.06 bits per heavy atom. The van der Waals surface area contributed by atoms with Crippen molar-refractivity contribution in [3.05, 3.63) is 120 Å². The highest BCUT2D eigenvalue weighted by Crippen LogP contribution is 2.21. The first-order valence-corrected chi connectivity index (χ1v) is 10.8. The molecule has 0 bridgehead atoms. The molecular formula is C28H29N2O+. The molecular weight excluding hydrogens is 380 g/mol. The summed E-state index contributed by atoms with van der Waals surface area (Å²) < 4.78 is 0.817. The van der Waals surface area contributed by atoms with Crippen LogP contribution in [0.2, 0.25) is 0 Å². The highest BCUT2D eigenvalue weighted by Gasteiger charge is 2.23. The van der Waals surface area contributed by atoms with E-state index >= 15 is 0 Å². The molecule has 1 unspecified atom stereocenters. The van der Waals surface area contributed by atoms with Crippen LogP contribution in [0.25, 0.3) is 10.8 Å². The summed E-state index contributed by atoms with van der Waals surface area (Å²) in [5.74, 6) is -0.0161. The Balaban J connectivity index is 1.50. The molecule has 0 fully saturated rings. The van der Waals surface area contributed by atoms with Gasteiger partial charge in [0.1, 0.15) is 13.1 Å². The third-order valence-corrected chi connectivity index (χ3v) is 5.76. The zero-order valence-electron chi connectivity index (χ0n) is 18.0. The summed E-state index contributed by atoms with van der Waals surface area (Å²) in [5, 5.41) is 5.63. The summed E-state index contributed by atoms with van der Waals surface area (Å²) in [6.45, 7) is 3.29. The van der Waals surface area contributed by atoms with Crippen LogP contribution in [-0.2, 0) is 13.1 Å². The monoisotopic (exact) mass is 409 g/mol. The minimum Gasteiger partial charge on any atom is -0.346 e. The van der Waals surface area contributed by atoms with E-state index in [-0.39, 0.29) is 5.91 Å². The summed E-state index contributed by atoms with van der Waals surface area (Å²) in [4.78, 5) is 12.5. The third-order valence-electron chi connectivity index (χ3n) is 5.76. The van der Waals surface area contributed by atoms with Gasteiger partial charge in [0.2, 0.25) is 0 Å². The second kappa shape index (κ2) is 9.59. The van der Waals surface area contributed by atoms with Gasteiger partial charge in [0.05, 0.1) is 20.1 Å². The zero-order chi connectivity index (χ0) is 21.5. The predicted octanol–water partition coefficient (Wildman–Crippen LogP) is 5.42. The largest absolute Gasteiger partial charge is 0.346 e. The molecule has 0 heterocycles. The van der Waals surface area contributed by atoms with Crippen molar-refractivity contribution >= 4 is 16.7 Å². The van der Waals surface area contributed by atoms with Crippen molar-refractivity contribution in [3.63, 3.8) is 0 Å². The lowest BCUT2D eigenvalue weighted by Gasteiger charge is -2.35. The molecule has 0 aliphatic heterocycles. The molecule has 4 aromatic carbocycles. The fraction of sp³-hybridized carbons (Fsp3) is 0.179. The molecule has 4 rings (SSSR count). The molecule has 3 heteroatoms. The maximum atomic E-state index is 12.5. The molecule has 1 atom stereocenters. The molecule has 3 nitrogen and oxygen atoms in total. The zero-order valence-corrected chi connectivity index (χ0v) is 18.0. The van der Waals surface area contributed by atoms with Crippen LogP contribution < -0.4 is 5.32 Å². The summed E-state index contributed by atoms with van der Waals surface area (Å²) in [6, 6.07) is 35.2. The molecule has 0 saturated carbocycles. The van der Waals surface area contributed by atoms with Gasteiger partial charge in [-0.2, -0.15) is 0 Å². The highest BCUT2D eigenvalue weighted by atomic mass is 16.1. The van der Waals surface area contributed by atoms with Crippen LogP contribution in [0.3, 0.4) is 0 Å². The van der Waals surface area contributed by atoms with E-state index < -0.39 is 0 Å². The molecule has 31 heavy (non-hydrogen) atoms. The van der Waals surface area contributed by atoms with Crippen LogP contribution in [0, 0.1) is 0 Å². The van der Waals surface area contributed by atoms with E-state index in [0.29, 0.717) is 12.1 Å². The molecule has 0 saturated heterocycles. The second-order valence-electron chi connectivity index (χ2n) is 8.45. The Bertz CT molecular complexity index is 1140. The van der Waals surface area contributed by atoms with Crippen LogP contribution >= 0.6 is 0 Å². The number of fused-ring (bicyclic) bond motifs is 1. The van der Waals surface area contributed by atoms with Crippen molar-refractivity contribution in [2.75, 3.05) is 20.1 Å². The molecule has 1 amide bonds. The van der Waals surface area contributed by atoms with E-state index in [9.17, 15) is 4.79 Å². The predicted molar refractivity (Wildman–Crippen MR) is 128 cm³/mol. The lowest BCUT2D eigenvalue weighted by Crippen LogP contribution is -2.47. The minimum atomic E-state index is -0.0161. The maximum absolute atomic E-state index is 12.5. The average molecular weight is 410 g/mol. The lowest BCUT2D eigenvalue weighted by molar-refractivity contribution is -0.934. The number of amides is 1. The number of quaternary nitrogens is 1. The SMILES string of the molecule is C[N+](CCNC(=O)c1ccccc1)(Cc1ccccc1)Cc1ccc2ccccc2c1. The van der Waals surface area contributed by atoms with Crippen LogP contribution in [-0.4, -0.2) is 30.5 Å².